The van der Waals surface area contributed by atoms with Gasteiger partial charge < -0.3 is 5.32 Å². The van der Waals surface area contributed by atoms with Crippen LogP contribution in [0.1, 0.15) is 26.2 Å². The van der Waals surface area contributed by atoms with Crippen LogP contribution in [0.2, 0.25) is 0 Å². The minimum absolute atomic E-state index is 0.742. The molecule has 0 aliphatic heterocycles. The largest absolute Gasteiger partial charge is 0.317 e. The Balaban J connectivity index is 2.40. The summed E-state index contributed by atoms with van der Waals surface area (Å²) in [6.07, 6.45) is 6.06. The Morgan fingerprint density at radius 2 is 2.18 bits per heavy atom. The fourth-order valence-electron chi connectivity index (χ4n) is 2.08. The summed E-state index contributed by atoms with van der Waals surface area (Å²) < 4.78 is 0. The van der Waals surface area contributed by atoms with E-state index in [4.69, 9.17) is 0 Å². The molecule has 1 aliphatic carbocycles. The zero-order valence-corrected chi connectivity index (χ0v) is 7.64. The second kappa shape index (κ2) is 3.91. The summed E-state index contributed by atoms with van der Waals surface area (Å²) in [5, 5.41) is 3.36. The molecule has 1 fully saturated rings. The molecule has 0 aromatic heterocycles. The lowest BCUT2D eigenvalue weighted by Gasteiger charge is -2.32. The van der Waals surface area contributed by atoms with Gasteiger partial charge in [0.05, 0.1) is 0 Å². The molecule has 64 valence electrons. The molecule has 11 heavy (non-hydrogen) atoms. The highest BCUT2D eigenvalue weighted by Crippen LogP contribution is 2.29. The third-order valence-corrected chi connectivity index (χ3v) is 2.91. The SMILES string of the molecule is C=CC1CCC(NC)C(C)C1. The Labute approximate surface area is 69.9 Å². The molecule has 0 amide bonds. The summed E-state index contributed by atoms with van der Waals surface area (Å²) in [7, 11) is 2.06. The molecule has 1 N–H and O–H groups in total. The minimum Gasteiger partial charge on any atom is -0.317 e. The first-order chi connectivity index (χ1) is 5.27. The van der Waals surface area contributed by atoms with Crippen LogP contribution >= 0.6 is 0 Å². The highest BCUT2D eigenvalue weighted by atomic mass is 14.9. The van der Waals surface area contributed by atoms with E-state index < -0.39 is 0 Å². The summed E-state index contributed by atoms with van der Waals surface area (Å²) >= 11 is 0. The van der Waals surface area contributed by atoms with Crippen molar-refractivity contribution in [3.05, 3.63) is 12.7 Å². The van der Waals surface area contributed by atoms with Gasteiger partial charge in [0, 0.05) is 6.04 Å². The molecule has 0 saturated heterocycles. The van der Waals surface area contributed by atoms with Gasteiger partial charge in [-0.1, -0.05) is 13.0 Å². The molecule has 1 aliphatic rings. The van der Waals surface area contributed by atoms with E-state index in [9.17, 15) is 0 Å². The van der Waals surface area contributed by atoms with Gasteiger partial charge in [-0.2, -0.15) is 0 Å². The lowest BCUT2D eigenvalue weighted by Crippen LogP contribution is -2.36. The van der Waals surface area contributed by atoms with E-state index >= 15 is 0 Å². The molecule has 1 heteroatoms. The lowest BCUT2D eigenvalue weighted by molar-refractivity contribution is 0.254. The first kappa shape index (κ1) is 8.79. The molecule has 0 aromatic carbocycles. The van der Waals surface area contributed by atoms with E-state index in [0.717, 1.165) is 17.9 Å². The van der Waals surface area contributed by atoms with Gasteiger partial charge in [-0.15, -0.1) is 6.58 Å². The van der Waals surface area contributed by atoms with E-state index in [-0.39, 0.29) is 0 Å². The van der Waals surface area contributed by atoms with Crippen LogP contribution in [-0.4, -0.2) is 13.1 Å². The summed E-state index contributed by atoms with van der Waals surface area (Å²) in [5.41, 5.74) is 0. The van der Waals surface area contributed by atoms with Crippen LogP contribution in [0.25, 0.3) is 0 Å². The zero-order valence-electron chi connectivity index (χ0n) is 7.64. The van der Waals surface area contributed by atoms with Crippen LogP contribution in [-0.2, 0) is 0 Å². The van der Waals surface area contributed by atoms with Crippen molar-refractivity contribution in [1.29, 1.82) is 0 Å². The molecule has 3 unspecified atom stereocenters. The van der Waals surface area contributed by atoms with Crippen molar-refractivity contribution >= 4 is 0 Å². The monoisotopic (exact) mass is 153 g/mol. The predicted octanol–water partition coefficient (Wildman–Crippen LogP) is 2.20. The number of nitrogens with one attached hydrogen (secondary N) is 1. The van der Waals surface area contributed by atoms with Crippen LogP contribution < -0.4 is 5.32 Å². The smallest absolute Gasteiger partial charge is 0.00901 e. The third-order valence-electron chi connectivity index (χ3n) is 2.91. The molecule has 3 atom stereocenters. The average molecular weight is 153 g/mol. The quantitative estimate of drug-likeness (QED) is 0.600. The van der Waals surface area contributed by atoms with Gasteiger partial charge in [0.15, 0.2) is 0 Å². The predicted molar refractivity (Wildman–Crippen MR) is 49.5 cm³/mol. The highest BCUT2D eigenvalue weighted by Gasteiger charge is 2.24. The molecule has 0 spiro atoms. The van der Waals surface area contributed by atoms with E-state index in [1.165, 1.54) is 19.3 Å². The van der Waals surface area contributed by atoms with Crippen LogP contribution in [0.15, 0.2) is 12.7 Å². The van der Waals surface area contributed by atoms with Crippen molar-refractivity contribution in [3.8, 4) is 0 Å². The van der Waals surface area contributed by atoms with Crippen molar-refractivity contribution < 1.29 is 0 Å². The van der Waals surface area contributed by atoms with Crippen LogP contribution in [0.3, 0.4) is 0 Å². The Hall–Kier alpha value is -0.300. The zero-order chi connectivity index (χ0) is 8.27. The maximum absolute atomic E-state index is 3.85. The van der Waals surface area contributed by atoms with Crippen molar-refractivity contribution in [2.45, 2.75) is 32.2 Å². The third kappa shape index (κ3) is 2.06. The van der Waals surface area contributed by atoms with Gasteiger partial charge >= 0.3 is 0 Å². The van der Waals surface area contributed by atoms with Gasteiger partial charge in [-0.25, -0.2) is 0 Å². The minimum atomic E-state index is 0.742. The van der Waals surface area contributed by atoms with Crippen molar-refractivity contribution in [2.75, 3.05) is 7.05 Å². The van der Waals surface area contributed by atoms with E-state index in [2.05, 4.69) is 31.9 Å². The van der Waals surface area contributed by atoms with Gasteiger partial charge in [-0.05, 0) is 38.1 Å². The number of allylic oxidation sites excluding steroid dienone is 1. The molecule has 1 rings (SSSR count). The number of rotatable bonds is 2. The Bertz CT molecular complexity index is 131. The lowest BCUT2D eigenvalue weighted by atomic mass is 9.79. The average Bonchev–Trinajstić information content (AvgIpc) is 2.04. The van der Waals surface area contributed by atoms with Crippen LogP contribution in [0.5, 0.6) is 0 Å². The number of hydrogen-bond donors (Lipinski definition) is 1. The van der Waals surface area contributed by atoms with Crippen molar-refractivity contribution in [1.82, 2.24) is 5.32 Å². The van der Waals surface area contributed by atoms with Crippen LogP contribution in [0, 0.1) is 11.8 Å². The fourth-order valence-corrected chi connectivity index (χ4v) is 2.08. The molecule has 1 nitrogen and oxygen atoms in total. The van der Waals surface area contributed by atoms with Gasteiger partial charge in [0.2, 0.25) is 0 Å². The molecule has 0 aromatic rings. The van der Waals surface area contributed by atoms with Gasteiger partial charge in [0.1, 0.15) is 0 Å². The molecule has 0 radical (unpaired) electrons. The summed E-state index contributed by atoms with van der Waals surface area (Å²) in [4.78, 5) is 0. The standard InChI is InChI=1S/C10H19N/c1-4-9-5-6-10(11-3)8(2)7-9/h4,8-11H,1,5-7H2,2-3H3. The molecule has 0 bridgehead atoms. The molecular formula is C10H19N. The second-order valence-electron chi connectivity index (χ2n) is 3.68. The molecule has 1 saturated carbocycles. The topological polar surface area (TPSA) is 12.0 Å². The Morgan fingerprint density at radius 1 is 1.45 bits per heavy atom. The first-order valence-electron chi connectivity index (χ1n) is 4.57. The summed E-state index contributed by atoms with van der Waals surface area (Å²) in [5.74, 6) is 1.59. The Morgan fingerprint density at radius 3 is 2.64 bits per heavy atom. The van der Waals surface area contributed by atoms with Gasteiger partial charge in [-0.3, -0.25) is 0 Å². The normalized spacial score (nSPS) is 38.5. The summed E-state index contributed by atoms with van der Waals surface area (Å²) in [6, 6.07) is 0.742. The van der Waals surface area contributed by atoms with Crippen molar-refractivity contribution in [3.63, 3.8) is 0 Å². The first-order valence-corrected chi connectivity index (χ1v) is 4.57. The second-order valence-corrected chi connectivity index (χ2v) is 3.68. The summed E-state index contributed by atoms with van der Waals surface area (Å²) in [6.45, 7) is 6.18. The van der Waals surface area contributed by atoms with Gasteiger partial charge in [0.25, 0.3) is 0 Å². The number of hydrogen-bond acceptors (Lipinski definition) is 1. The fraction of sp³-hybridized carbons (Fsp3) is 0.800. The van der Waals surface area contributed by atoms with E-state index in [1.54, 1.807) is 0 Å². The van der Waals surface area contributed by atoms with E-state index in [1.807, 2.05) is 0 Å². The maximum Gasteiger partial charge on any atom is 0.00901 e. The maximum atomic E-state index is 3.85. The highest BCUT2D eigenvalue weighted by molar-refractivity contribution is 4.89. The molecule has 0 heterocycles. The van der Waals surface area contributed by atoms with Crippen LogP contribution in [0.4, 0.5) is 0 Å². The van der Waals surface area contributed by atoms with Crippen molar-refractivity contribution in [2.24, 2.45) is 11.8 Å². The molecular weight excluding hydrogens is 134 g/mol. The Kier molecular flexibility index (Phi) is 3.13. The van der Waals surface area contributed by atoms with E-state index in [0.29, 0.717) is 0 Å².